The van der Waals surface area contributed by atoms with Gasteiger partial charge < -0.3 is 9.47 Å². The first kappa shape index (κ1) is 9.63. The fourth-order valence-electron chi connectivity index (χ4n) is 0.404. The van der Waals surface area contributed by atoms with E-state index in [0.29, 0.717) is 19.8 Å². The molecule has 0 atom stereocenters. The summed E-state index contributed by atoms with van der Waals surface area (Å²) in [5.41, 5.74) is 0. The van der Waals surface area contributed by atoms with Gasteiger partial charge in [-0.1, -0.05) is 0 Å². The van der Waals surface area contributed by atoms with E-state index in [1.165, 1.54) is 12.3 Å². The maximum Gasteiger partial charge on any atom is 0.286 e. The maximum absolute atomic E-state index is 9.53. The molecule has 0 aromatic rings. The molecule has 0 N–H and O–H groups in total. The van der Waals surface area contributed by atoms with Gasteiger partial charge in [-0.3, -0.25) is 0 Å². The van der Waals surface area contributed by atoms with Gasteiger partial charge >= 0.3 is 0 Å². The van der Waals surface area contributed by atoms with E-state index in [1.807, 2.05) is 0 Å². The lowest BCUT2D eigenvalue weighted by atomic mass is 10.7. The van der Waals surface area contributed by atoms with Gasteiger partial charge in [0.25, 0.3) is 6.26 Å². The number of isocyanates is 1. The van der Waals surface area contributed by atoms with Gasteiger partial charge in [0, 0.05) is 0 Å². The molecule has 0 bridgehead atoms. The Morgan fingerprint density at radius 2 is 2.18 bits per heavy atom. The summed E-state index contributed by atoms with van der Waals surface area (Å²) in [7, 11) is 0. The molecule has 0 unspecified atom stereocenters. The van der Waals surface area contributed by atoms with E-state index in [-0.39, 0.29) is 6.61 Å². The standard InChI is InChI=1S/C6H8N2O3/c7-5-11-4-3-10-2-1-8-6-9/h1-4H2. The predicted octanol–water partition coefficient (Wildman–Crippen LogP) is -0.164. The molecule has 0 spiro atoms. The van der Waals surface area contributed by atoms with Gasteiger partial charge in [0.1, 0.15) is 6.61 Å². The lowest BCUT2D eigenvalue weighted by molar-refractivity contribution is 0.0949. The molecule has 0 saturated carbocycles. The summed E-state index contributed by atoms with van der Waals surface area (Å²) >= 11 is 0. The lowest BCUT2D eigenvalue weighted by Gasteiger charge is -1.97. The van der Waals surface area contributed by atoms with Crippen LogP contribution < -0.4 is 0 Å². The smallest absolute Gasteiger partial charge is 0.286 e. The predicted molar refractivity (Wildman–Crippen MR) is 35.4 cm³/mol. The summed E-state index contributed by atoms with van der Waals surface area (Å²) in [4.78, 5) is 12.8. The van der Waals surface area contributed by atoms with E-state index >= 15 is 0 Å². The van der Waals surface area contributed by atoms with Gasteiger partial charge in [-0.2, -0.15) is 5.26 Å². The molecule has 60 valence electrons. The number of nitrogens with zero attached hydrogens (tertiary/aromatic N) is 2. The van der Waals surface area contributed by atoms with E-state index in [0.717, 1.165) is 0 Å². The molecule has 0 aromatic heterocycles. The minimum absolute atomic E-state index is 0.237. The Morgan fingerprint density at radius 3 is 2.82 bits per heavy atom. The molecule has 0 saturated heterocycles. The normalized spacial score (nSPS) is 7.91. The molecule has 0 aromatic carbocycles. The largest absolute Gasteiger partial charge is 0.425 e. The monoisotopic (exact) mass is 156 g/mol. The summed E-state index contributed by atoms with van der Waals surface area (Å²) in [6.07, 6.45) is 2.89. The van der Waals surface area contributed by atoms with Crippen molar-refractivity contribution < 1.29 is 14.3 Å². The highest BCUT2D eigenvalue weighted by Gasteiger charge is 1.86. The zero-order valence-corrected chi connectivity index (χ0v) is 5.95. The molecule has 0 rings (SSSR count). The first-order valence-electron chi connectivity index (χ1n) is 3.04. The average Bonchev–Trinajstić information content (AvgIpc) is 2.03. The minimum atomic E-state index is 0.237. The van der Waals surface area contributed by atoms with Gasteiger partial charge in [0.05, 0.1) is 19.8 Å². The number of carbonyl (C=O) groups excluding carboxylic acids is 1. The van der Waals surface area contributed by atoms with E-state index < -0.39 is 0 Å². The molecule has 0 aliphatic rings. The van der Waals surface area contributed by atoms with Crippen LogP contribution in [0.15, 0.2) is 4.99 Å². The molecule has 0 heterocycles. The zero-order chi connectivity index (χ0) is 8.36. The van der Waals surface area contributed by atoms with Crippen molar-refractivity contribution in [2.24, 2.45) is 4.99 Å². The second-order valence-electron chi connectivity index (χ2n) is 1.53. The van der Waals surface area contributed by atoms with Crippen LogP contribution in [-0.4, -0.2) is 32.4 Å². The Kier molecular flexibility index (Phi) is 7.56. The summed E-state index contributed by atoms with van der Waals surface area (Å²) in [5, 5.41) is 7.91. The highest BCUT2D eigenvalue weighted by atomic mass is 16.5. The van der Waals surface area contributed by atoms with Gasteiger partial charge in [-0.05, 0) is 0 Å². The average molecular weight is 156 g/mol. The Balaban J connectivity index is 2.91. The first-order valence-corrected chi connectivity index (χ1v) is 3.04. The van der Waals surface area contributed by atoms with Crippen LogP contribution in [0.4, 0.5) is 0 Å². The number of hydrogen-bond acceptors (Lipinski definition) is 5. The van der Waals surface area contributed by atoms with Gasteiger partial charge in [0.15, 0.2) is 0 Å². The van der Waals surface area contributed by atoms with Crippen LogP contribution in [0.5, 0.6) is 0 Å². The van der Waals surface area contributed by atoms with Crippen LogP contribution in [0.2, 0.25) is 0 Å². The highest BCUT2D eigenvalue weighted by Crippen LogP contribution is 1.76. The van der Waals surface area contributed by atoms with Crippen LogP contribution in [0.1, 0.15) is 0 Å². The van der Waals surface area contributed by atoms with Crippen molar-refractivity contribution in [1.29, 1.82) is 5.26 Å². The number of ether oxygens (including phenoxy) is 2. The third kappa shape index (κ3) is 8.63. The third-order valence-corrected chi connectivity index (χ3v) is 0.806. The number of aliphatic imine (C=N–C) groups is 1. The van der Waals surface area contributed by atoms with Gasteiger partial charge in [0.2, 0.25) is 6.08 Å². The summed E-state index contributed by atoms with van der Waals surface area (Å²) in [6.45, 7) is 1.23. The van der Waals surface area contributed by atoms with E-state index in [2.05, 4.69) is 9.73 Å². The Hall–Kier alpha value is -1.37. The molecule has 0 fully saturated rings. The van der Waals surface area contributed by atoms with Crippen LogP contribution >= 0.6 is 0 Å². The molecular weight excluding hydrogens is 148 g/mol. The number of nitriles is 1. The van der Waals surface area contributed by atoms with E-state index in [1.54, 1.807) is 0 Å². The van der Waals surface area contributed by atoms with Crippen molar-refractivity contribution in [3.05, 3.63) is 0 Å². The molecule has 5 heteroatoms. The van der Waals surface area contributed by atoms with E-state index in [9.17, 15) is 4.79 Å². The summed E-state index contributed by atoms with van der Waals surface area (Å²) in [6, 6.07) is 0. The minimum Gasteiger partial charge on any atom is -0.425 e. The molecule has 0 aliphatic heterocycles. The fourth-order valence-corrected chi connectivity index (χ4v) is 0.404. The molecule has 0 amide bonds. The molecular formula is C6H8N2O3. The van der Waals surface area contributed by atoms with Crippen LogP contribution in [0, 0.1) is 11.5 Å². The molecule has 0 radical (unpaired) electrons. The zero-order valence-electron chi connectivity index (χ0n) is 5.95. The summed E-state index contributed by atoms with van der Waals surface area (Å²) < 4.78 is 9.20. The summed E-state index contributed by atoms with van der Waals surface area (Å²) in [5.74, 6) is 0. The van der Waals surface area contributed by atoms with Crippen LogP contribution in [0.3, 0.4) is 0 Å². The maximum atomic E-state index is 9.53. The Labute approximate surface area is 64.2 Å². The van der Waals surface area contributed by atoms with Gasteiger partial charge in [-0.25, -0.2) is 9.79 Å². The quantitative estimate of drug-likeness (QED) is 0.232. The Bertz CT molecular complexity index is 169. The first-order chi connectivity index (χ1) is 5.41. The van der Waals surface area contributed by atoms with Crippen LogP contribution in [0.25, 0.3) is 0 Å². The number of hydrogen-bond donors (Lipinski definition) is 0. The van der Waals surface area contributed by atoms with Gasteiger partial charge in [-0.15, -0.1) is 0 Å². The second kappa shape index (κ2) is 8.63. The van der Waals surface area contributed by atoms with Crippen molar-refractivity contribution in [2.45, 2.75) is 0 Å². The third-order valence-electron chi connectivity index (χ3n) is 0.806. The fraction of sp³-hybridized carbons (Fsp3) is 0.667. The van der Waals surface area contributed by atoms with Crippen molar-refractivity contribution >= 4 is 6.08 Å². The molecule has 11 heavy (non-hydrogen) atoms. The SMILES string of the molecule is N#COCCOCCN=C=O. The second-order valence-corrected chi connectivity index (χ2v) is 1.53. The van der Waals surface area contributed by atoms with Crippen molar-refractivity contribution in [3.63, 3.8) is 0 Å². The highest BCUT2D eigenvalue weighted by molar-refractivity contribution is 5.32. The van der Waals surface area contributed by atoms with Crippen molar-refractivity contribution in [1.82, 2.24) is 0 Å². The molecule has 5 nitrogen and oxygen atoms in total. The van der Waals surface area contributed by atoms with Crippen molar-refractivity contribution in [2.75, 3.05) is 26.4 Å². The molecule has 0 aliphatic carbocycles. The number of rotatable bonds is 6. The topological polar surface area (TPSA) is 71.7 Å². The van der Waals surface area contributed by atoms with Crippen LogP contribution in [-0.2, 0) is 14.3 Å². The van der Waals surface area contributed by atoms with E-state index in [4.69, 9.17) is 10.00 Å². The van der Waals surface area contributed by atoms with Crippen molar-refractivity contribution in [3.8, 4) is 6.26 Å². The lowest BCUT2D eigenvalue weighted by Crippen LogP contribution is -2.04. The Morgan fingerprint density at radius 1 is 1.36 bits per heavy atom.